The van der Waals surface area contributed by atoms with Gasteiger partial charge in [-0.2, -0.15) is 0 Å². The molecule has 0 bridgehead atoms. The number of rotatable bonds is 4. The molecule has 1 aromatic carbocycles. The lowest BCUT2D eigenvalue weighted by molar-refractivity contribution is -0.119. The van der Waals surface area contributed by atoms with Gasteiger partial charge in [0.25, 0.3) is 0 Å². The average Bonchev–Trinajstić information content (AvgIpc) is 2.48. The Hall–Kier alpha value is -1.26. The molecule has 2 N–H and O–H groups in total. The van der Waals surface area contributed by atoms with E-state index in [2.05, 4.69) is 22.8 Å². The summed E-state index contributed by atoms with van der Waals surface area (Å²) in [5.74, 6) is 1.43. The largest absolute Gasteiger partial charge is 0.496 e. The molecule has 1 aromatic rings. The second-order valence-electron chi connectivity index (χ2n) is 4.95. The fraction of sp³-hybridized carbons (Fsp3) is 0.533. The number of ether oxygens (including phenoxy) is 1. The van der Waals surface area contributed by atoms with Crippen molar-refractivity contribution in [3.8, 4) is 5.75 Å². The van der Waals surface area contributed by atoms with Crippen LogP contribution >= 0.6 is 12.4 Å². The van der Waals surface area contributed by atoms with Crippen molar-refractivity contribution in [2.75, 3.05) is 27.2 Å². The van der Waals surface area contributed by atoms with E-state index >= 15 is 0 Å². The summed E-state index contributed by atoms with van der Waals surface area (Å²) in [5.41, 5.74) is 2.26. The molecule has 0 radical (unpaired) electrons. The van der Waals surface area contributed by atoms with Crippen molar-refractivity contribution >= 4 is 18.3 Å². The molecule has 1 amide bonds. The van der Waals surface area contributed by atoms with E-state index in [9.17, 15) is 4.79 Å². The zero-order valence-electron chi connectivity index (χ0n) is 12.1. The molecular weight excluding hydrogens is 276 g/mol. The number of likely N-dealkylation sites (N-methyl/N-ethyl adjacent to an activating group) is 1. The molecule has 2 rings (SSSR count). The Morgan fingerprint density at radius 2 is 2.10 bits per heavy atom. The molecule has 20 heavy (non-hydrogen) atoms. The van der Waals surface area contributed by atoms with E-state index in [-0.39, 0.29) is 18.3 Å². The lowest BCUT2D eigenvalue weighted by Gasteiger charge is -2.23. The van der Waals surface area contributed by atoms with Gasteiger partial charge in [-0.05, 0) is 43.5 Å². The van der Waals surface area contributed by atoms with Crippen molar-refractivity contribution in [2.45, 2.75) is 25.2 Å². The van der Waals surface area contributed by atoms with E-state index in [1.165, 1.54) is 5.56 Å². The van der Waals surface area contributed by atoms with Crippen LogP contribution in [0, 0.1) is 0 Å². The SMILES string of the molecule is CNC(=O)Cc1ccc(C2CCNCC2)cc1OC.Cl. The minimum atomic E-state index is 0. The van der Waals surface area contributed by atoms with Crippen LogP contribution in [0.5, 0.6) is 5.75 Å². The monoisotopic (exact) mass is 298 g/mol. The molecule has 1 saturated heterocycles. The van der Waals surface area contributed by atoms with Gasteiger partial charge in [-0.25, -0.2) is 0 Å². The van der Waals surface area contributed by atoms with Crippen LogP contribution < -0.4 is 15.4 Å². The number of carbonyl (C=O) groups is 1. The van der Waals surface area contributed by atoms with Crippen LogP contribution in [0.4, 0.5) is 0 Å². The standard InChI is InChI=1S/C15H22N2O2.ClH/c1-16-15(18)10-13-4-3-12(9-14(13)19-2)11-5-7-17-8-6-11;/h3-4,9,11,17H,5-8,10H2,1-2H3,(H,16,18);1H. The summed E-state index contributed by atoms with van der Waals surface area (Å²) in [4.78, 5) is 11.5. The van der Waals surface area contributed by atoms with Crippen LogP contribution in [0.3, 0.4) is 0 Å². The summed E-state index contributed by atoms with van der Waals surface area (Å²) in [6.07, 6.45) is 2.70. The smallest absolute Gasteiger partial charge is 0.224 e. The highest BCUT2D eigenvalue weighted by Crippen LogP contribution is 2.30. The third kappa shape index (κ3) is 4.12. The number of benzene rings is 1. The topological polar surface area (TPSA) is 50.4 Å². The van der Waals surface area contributed by atoms with Gasteiger partial charge in [0.2, 0.25) is 5.91 Å². The van der Waals surface area contributed by atoms with E-state index in [0.29, 0.717) is 12.3 Å². The molecule has 4 nitrogen and oxygen atoms in total. The number of amides is 1. The van der Waals surface area contributed by atoms with Crippen LogP contribution in [0.25, 0.3) is 0 Å². The molecule has 0 saturated carbocycles. The Balaban J connectivity index is 0.00000200. The molecule has 1 aliphatic heterocycles. The predicted octanol–water partition coefficient (Wildman–Crippen LogP) is 1.87. The molecule has 1 aliphatic rings. The molecule has 1 heterocycles. The van der Waals surface area contributed by atoms with Crippen molar-refractivity contribution in [2.24, 2.45) is 0 Å². The molecular formula is C15H23ClN2O2. The zero-order chi connectivity index (χ0) is 13.7. The Morgan fingerprint density at radius 1 is 1.40 bits per heavy atom. The highest BCUT2D eigenvalue weighted by Gasteiger charge is 2.17. The first kappa shape index (κ1) is 16.8. The van der Waals surface area contributed by atoms with Crippen molar-refractivity contribution < 1.29 is 9.53 Å². The second-order valence-corrected chi connectivity index (χ2v) is 4.95. The highest BCUT2D eigenvalue weighted by atomic mass is 35.5. The van der Waals surface area contributed by atoms with Gasteiger partial charge in [0.15, 0.2) is 0 Å². The highest BCUT2D eigenvalue weighted by molar-refractivity contribution is 5.85. The van der Waals surface area contributed by atoms with E-state index < -0.39 is 0 Å². The van der Waals surface area contributed by atoms with E-state index in [1.54, 1.807) is 14.2 Å². The third-order valence-electron chi connectivity index (χ3n) is 3.75. The quantitative estimate of drug-likeness (QED) is 0.892. The normalized spacial score (nSPS) is 15.3. The Kier molecular flexibility index (Phi) is 6.82. The Labute approximate surface area is 126 Å². The molecule has 0 unspecified atom stereocenters. The number of hydrogen-bond acceptors (Lipinski definition) is 3. The Bertz CT molecular complexity index is 445. The number of piperidine rings is 1. The first-order valence-electron chi connectivity index (χ1n) is 6.82. The van der Waals surface area contributed by atoms with Gasteiger partial charge in [0.05, 0.1) is 13.5 Å². The lowest BCUT2D eigenvalue weighted by atomic mass is 9.89. The summed E-state index contributed by atoms with van der Waals surface area (Å²) in [5, 5.41) is 6.01. The van der Waals surface area contributed by atoms with Crippen molar-refractivity contribution in [3.63, 3.8) is 0 Å². The number of halogens is 1. The maximum absolute atomic E-state index is 11.5. The van der Waals surface area contributed by atoms with Crippen LogP contribution in [-0.4, -0.2) is 33.2 Å². The maximum Gasteiger partial charge on any atom is 0.224 e. The minimum absolute atomic E-state index is 0. The van der Waals surface area contributed by atoms with Crippen LogP contribution in [0.1, 0.15) is 29.9 Å². The van der Waals surface area contributed by atoms with E-state index in [0.717, 1.165) is 37.2 Å². The van der Waals surface area contributed by atoms with E-state index in [1.807, 2.05) is 6.07 Å². The van der Waals surface area contributed by atoms with Gasteiger partial charge in [-0.3, -0.25) is 4.79 Å². The molecule has 1 fully saturated rings. The molecule has 0 aliphatic carbocycles. The molecule has 112 valence electrons. The van der Waals surface area contributed by atoms with Crippen LogP contribution in [-0.2, 0) is 11.2 Å². The molecule has 0 aromatic heterocycles. The van der Waals surface area contributed by atoms with Crippen molar-refractivity contribution in [3.05, 3.63) is 29.3 Å². The predicted molar refractivity (Wildman–Crippen MR) is 82.9 cm³/mol. The minimum Gasteiger partial charge on any atom is -0.496 e. The average molecular weight is 299 g/mol. The van der Waals surface area contributed by atoms with Gasteiger partial charge in [-0.15, -0.1) is 12.4 Å². The van der Waals surface area contributed by atoms with Gasteiger partial charge >= 0.3 is 0 Å². The first-order valence-corrected chi connectivity index (χ1v) is 6.82. The number of nitrogens with one attached hydrogen (secondary N) is 2. The maximum atomic E-state index is 11.5. The van der Waals surface area contributed by atoms with E-state index in [4.69, 9.17) is 4.74 Å². The summed E-state index contributed by atoms with van der Waals surface area (Å²) in [6.45, 7) is 2.15. The lowest BCUT2D eigenvalue weighted by Crippen LogP contribution is -2.26. The number of methoxy groups -OCH3 is 1. The third-order valence-corrected chi connectivity index (χ3v) is 3.75. The first-order chi connectivity index (χ1) is 9.24. The van der Waals surface area contributed by atoms with Crippen molar-refractivity contribution in [1.29, 1.82) is 0 Å². The van der Waals surface area contributed by atoms with Gasteiger partial charge in [0, 0.05) is 12.6 Å². The van der Waals surface area contributed by atoms with Crippen molar-refractivity contribution in [1.82, 2.24) is 10.6 Å². The fourth-order valence-corrected chi connectivity index (χ4v) is 2.58. The second kappa shape index (κ2) is 8.12. The Morgan fingerprint density at radius 3 is 2.70 bits per heavy atom. The summed E-state index contributed by atoms with van der Waals surface area (Å²) in [7, 11) is 3.31. The van der Waals surface area contributed by atoms with Gasteiger partial charge in [-0.1, -0.05) is 12.1 Å². The summed E-state index contributed by atoms with van der Waals surface area (Å²) in [6, 6.07) is 6.25. The van der Waals surface area contributed by atoms with Crippen LogP contribution in [0.15, 0.2) is 18.2 Å². The molecule has 5 heteroatoms. The summed E-state index contributed by atoms with van der Waals surface area (Å²) < 4.78 is 5.43. The molecule has 0 spiro atoms. The zero-order valence-corrected chi connectivity index (χ0v) is 12.9. The summed E-state index contributed by atoms with van der Waals surface area (Å²) >= 11 is 0. The fourth-order valence-electron chi connectivity index (χ4n) is 2.58. The van der Waals surface area contributed by atoms with Gasteiger partial charge < -0.3 is 15.4 Å². The number of hydrogen-bond donors (Lipinski definition) is 2. The van der Waals surface area contributed by atoms with Crippen LogP contribution in [0.2, 0.25) is 0 Å². The number of carbonyl (C=O) groups excluding carboxylic acids is 1. The van der Waals surface area contributed by atoms with Gasteiger partial charge in [0.1, 0.15) is 5.75 Å². The molecule has 0 atom stereocenters.